The minimum Gasteiger partial charge on any atom is -0.309 e. The van der Waals surface area contributed by atoms with Crippen molar-refractivity contribution in [3.63, 3.8) is 0 Å². The number of rotatable bonds is 5. The molecule has 1 aromatic rings. The number of nitrogens with zero attached hydrogens (tertiary/aromatic N) is 3. The van der Waals surface area contributed by atoms with Crippen LogP contribution < -0.4 is 4.90 Å². The highest BCUT2D eigenvalue weighted by molar-refractivity contribution is 6.08. The van der Waals surface area contributed by atoms with Crippen LogP contribution in [0, 0.1) is 17.8 Å². The molecule has 5 heterocycles. The molecule has 6 rings (SSSR count). The molecule has 1 amide bonds. The zero-order valence-electron chi connectivity index (χ0n) is 18.3. The molecule has 5 nitrogen and oxygen atoms in total. The standard InChI is InChI=1S/C24H33N3O2/c1-5-10-22-13-25-15-23(11-6-2,20(22)28)16-26(14-22)24(25)18-12-17(4)8-9-19(18)27(7-3)21(24)29/h8-9,12H,5-7,10-11,13-16H2,1-4H3. The largest absolute Gasteiger partial charge is 0.309 e. The Labute approximate surface area is 174 Å². The summed E-state index contributed by atoms with van der Waals surface area (Å²) in [6.45, 7) is 12.1. The molecule has 0 saturated carbocycles. The highest BCUT2D eigenvalue weighted by Crippen LogP contribution is 2.60. The fourth-order valence-electron chi connectivity index (χ4n) is 7.18. The Balaban J connectivity index is 1.70. The number of hydrogen-bond acceptors (Lipinski definition) is 4. The Morgan fingerprint density at radius 1 is 0.897 bits per heavy atom. The number of hydrogen-bond donors (Lipinski definition) is 0. The third-order valence-corrected chi connectivity index (χ3v) is 7.99. The third-order valence-electron chi connectivity index (χ3n) is 7.99. The van der Waals surface area contributed by atoms with Crippen LogP contribution in [-0.4, -0.2) is 54.2 Å². The van der Waals surface area contributed by atoms with E-state index in [0.717, 1.165) is 63.1 Å². The van der Waals surface area contributed by atoms with Crippen molar-refractivity contribution >= 4 is 17.4 Å². The van der Waals surface area contributed by atoms with Crippen molar-refractivity contribution in [1.29, 1.82) is 0 Å². The molecule has 0 aromatic heterocycles. The lowest BCUT2D eigenvalue weighted by molar-refractivity contribution is -0.235. The molecular formula is C24H33N3O2. The third kappa shape index (κ3) is 2.13. The highest BCUT2D eigenvalue weighted by atomic mass is 16.2. The molecule has 0 atom stereocenters. The molecule has 4 fully saturated rings. The summed E-state index contributed by atoms with van der Waals surface area (Å²) in [6.07, 6.45) is 3.86. The molecular weight excluding hydrogens is 362 g/mol. The lowest BCUT2D eigenvalue weighted by Crippen LogP contribution is -2.84. The van der Waals surface area contributed by atoms with Crippen LogP contribution in [0.2, 0.25) is 0 Å². The van der Waals surface area contributed by atoms with Gasteiger partial charge in [-0.2, -0.15) is 0 Å². The van der Waals surface area contributed by atoms with Crippen molar-refractivity contribution in [2.45, 2.75) is 59.0 Å². The van der Waals surface area contributed by atoms with Gasteiger partial charge in [-0.15, -0.1) is 0 Å². The molecule has 5 aliphatic rings. The van der Waals surface area contributed by atoms with E-state index in [0.29, 0.717) is 12.3 Å². The van der Waals surface area contributed by atoms with Gasteiger partial charge in [0.1, 0.15) is 5.78 Å². The van der Waals surface area contributed by atoms with Crippen LogP contribution in [0.25, 0.3) is 0 Å². The van der Waals surface area contributed by atoms with Crippen LogP contribution in [0.5, 0.6) is 0 Å². The number of benzene rings is 1. The minimum absolute atomic E-state index is 0.185. The van der Waals surface area contributed by atoms with Crippen molar-refractivity contribution in [1.82, 2.24) is 9.80 Å². The molecule has 29 heavy (non-hydrogen) atoms. The van der Waals surface area contributed by atoms with Gasteiger partial charge in [-0.3, -0.25) is 19.4 Å². The fraction of sp³-hybridized carbons (Fsp3) is 0.667. The Hall–Kier alpha value is -1.72. The van der Waals surface area contributed by atoms with Crippen LogP contribution in [-0.2, 0) is 15.3 Å². The SMILES string of the molecule is CCCC12CN3CC(CCC)(CN(C1)C31C(=O)N(CC)c3ccc(C)cc31)C2=O. The summed E-state index contributed by atoms with van der Waals surface area (Å²) in [7, 11) is 0. The summed E-state index contributed by atoms with van der Waals surface area (Å²) in [6, 6.07) is 6.43. The smallest absolute Gasteiger partial charge is 0.267 e. The van der Waals surface area contributed by atoms with Gasteiger partial charge in [0.15, 0.2) is 5.66 Å². The molecule has 0 radical (unpaired) electrons. The fourth-order valence-corrected chi connectivity index (χ4v) is 7.18. The van der Waals surface area contributed by atoms with E-state index in [1.165, 1.54) is 5.56 Å². The molecule has 0 unspecified atom stereocenters. The molecule has 0 N–H and O–H groups in total. The normalized spacial score (nSPS) is 39.7. The Morgan fingerprint density at radius 2 is 1.45 bits per heavy atom. The highest BCUT2D eigenvalue weighted by Gasteiger charge is 2.73. The summed E-state index contributed by atoms with van der Waals surface area (Å²) in [4.78, 5) is 34.5. The first-order chi connectivity index (χ1) is 13.9. The molecule has 5 aliphatic heterocycles. The Kier molecular flexibility index (Phi) is 4.08. The lowest BCUT2D eigenvalue weighted by Gasteiger charge is -2.69. The van der Waals surface area contributed by atoms with Gasteiger partial charge in [0, 0.05) is 38.3 Å². The van der Waals surface area contributed by atoms with Crippen molar-refractivity contribution in [3.8, 4) is 0 Å². The number of carbonyl (C=O) groups is 2. The van der Waals surface area contributed by atoms with Crippen LogP contribution >= 0.6 is 0 Å². The molecule has 4 bridgehead atoms. The van der Waals surface area contributed by atoms with E-state index in [-0.39, 0.29) is 16.7 Å². The quantitative estimate of drug-likeness (QED) is 0.767. The number of fused-ring (bicyclic) bond motifs is 1. The second kappa shape index (κ2) is 6.14. The van der Waals surface area contributed by atoms with Crippen molar-refractivity contribution in [2.24, 2.45) is 10.8 Å². The summed E-state index contributed by atoms with van der Waals surface area (Å²) < 4.78 is 0. The zero-order chi connectivity index (χ0) is 20.6. The van der Waals surface area contributed by atoms with Gasteiger partial charge < -0.3 is 4.90 Å². The minimum atomic E-state index is -0.716. The van der Waals surface area contributed by atoms with Crippen LogP contribution in [0.1, 0.15) is 57.6 Å². The first kappa shape index (κ1) is 19.3. The van der Waals surface area contributed by atoms with Gasteiger partial charge >= 0.3 is 0 Å². The maximum atomic E-state index is 14.0. The Morgan fingerprint density at radius 3 is 1.93 bits per heavy atom. The van der Waals surface area contributed by atoms with Crippen molar-refractivity contribution in [3.05, 3.63) is 29.3 Å². The van der Waals surface area contributed by atoms with Gasteiger partial charge in [0.25, 0.3) is 5.91 Å². The van der Waals surface area contributed by atoms with Gasteiger partial charge in [-0.25, -0.2) is 0 Å². The topological polar surface area (TPSA) is 43.9 Å². The number of aryl methyl sites for hydroxylation is 1. The van der Waals surface area contributed by atoms with E-state index < -0.39 is 5.66 Å². The van der Waals surface area contributed by atoms with Crippen molar-refractivity contribution in [2.75, 3.05) is 37.6 Å². The predicted molar refractivity (Wildman–Crippen MR) is 114 cm³/mol. The monoisotopic (exact) mass is 395 g/mol. The number of amides is 1. The molecule has 5 heteroatoms. The molecule has 1 aromatic carbocycles. The average molecular weight is 396 g/mol. The van der Waals surface area contributed by atoms with E-state index in [2.05, 4.69) is 55.7 Å². The van der Waals surface area contributed by atoms with Crippen LogP contribution in [0.4, 0.5) is 5.69 Å². The Bertz CT molecular complexity index is 848. The molecule has 0 aliphatic carbocycles. The number of carbonyl (C=O) groups excluding carboxylic acids is 2. The maximum Gasteiger partial charge on any atom is 0.267 e. The van der Waals surface area contributed by atoms with Crippen LogP contribution in [0.3, 0.4) is 0 Å². The first-order valence-corrected chi connectivity index (χ1v) is 11.4. The van der Waals surface area contributed by atoms with E-state index >= 15 is 0 Å². The van der Waals surface area contributed by atoms with E-state index in [1.54, 1.807) is 0 Å². The maximum absolute atomic E-state index is 14.0. The number of piperidine rings is 2. The van der Waals surface area contributed by atoms with E-state index in [1.807, 2.05) is 4.90 Å². The summed E-state index contributed by atoms with van der Waals surface area (Å²) >= 11 is 0. The van der Waals surface area contributed by atoms with Gasteiger partial charge in [-0.1, -0.05) is 44.4 Å². The second-order valence-corrected chi connectivity index (χ2v) is 9.84. The lowest BCUT2D eigenvalue weighted by atomic mass is 9.56. The average Bonchev–Trinajstić information content (AvgIpc) is 2.91. The van der Waals surface area contributed by atoms with Gasteiger partial charge in [0.05, 0.1) is 16.5 Å². The summed E-state index contributed by atoms with van der Waals surface area (Å²) in [5, 5.41) is 0. The van der Waals surface area contributed by atoms with E-state index in [4.69, 9.17) is 0 Å². The molecule has 4 saturated heterocycles. The zero-order valence-corrected chi connectivity index (χ0v) is 18.3. The summed E-state index contributed by atoms with van der Waals surface area (Å²) in [5.41, 5.74) is 2.04. The number of anilines is 1. The number of Topliss-reactive ketones (excluding diaryl/α,β-unsaturated/α-hetero) is 1. The molecule has 1 spiro atoms. The first-order valence-electron chi connectivity index (χ1n) is 11.4. The van der Waals surface area contributed by atoms with Gasteiger partial charge in [0.2, 0.25) is 0 Å². The molecule has 156 valence electrons. The van der Waals surface area contributed by atoms with Crippen molar-refractivity contribution < 1.29 is 9.59 Å². The number of ketones is 1. The predicted octanol–water partition coefficient (Wildman–Crippen LogP) is 3.30. The number of likely N-dealkylation sites (N-methyl/N-ethyl adjacent to an activating group) is 1. The van der Waals surface area contributed by atoms with Gasteiger partial charge in [-0.05, 0) is 32.8 Å². The van der Waals surface area contributed by atoms with Crippen LogP contribution in [0.15, 0.2) is 18.2 Å². The van der Waals surface area contributed by atoms with E-state index in [9.17, 15) is 9.59 Å². The second-order valence-electron chi connectivity index (χ2n) is 9.84. The summed E-state index contributed by atoms with van der Waals surface area (Å²) in [5.74, 6) is 0.670.